The molecule has 184 valence electrons. The molecule has 0 heterocycles. The van der Waals surface area contributed by atoms with Crippen LogP contribution >= 0.6 is 0 Å². The normalized spacial score (nSPS) is 19.1. The number of amides is 1. The number of hydrogen-bond acceptors (Lipinski definition) is 6. The minimum absolute atomic E-state index is 0.0508. The summed E-state index contributed by atoms with van der Waals surface area (Å²) in [6.45, 7) is 3.62. The number of anilines is 1. The maximum absolute atomic E-state index is 13.1. The third-order valence-electron chi connectivity index (χ3n) is 6.26. The molecule has 0 radical (unpaired) electrons. The van der Waals surface area contributed by atoms with Gasteiger partial charge in [-0.05, 0) is 68.1 Å². The van der Waals surface area contributed by atoms with Crippen molar-refractivity contribution in [2.75, 3.05) is 18.5 Å². The van der Waals surface area contributed by atoms with Gasteiger partial charge in [-0.25, -0.2) is 13.2 Å². The van der Waals surface area contributed by atoms with E-state index in [4.69, 9.17) is 9.47 Å². The van der Waals surface area contributed by atoms with Crippen LogP contribution in [-0.2, 0) is 19.6 Å². The van der Waals surface area contributed by atoms with Gasteiger partial charge in [-0.1, -0.05) is 25.8 Å². The first-order chi connectivity index (χ1) is 16.1. The molecule has 0 unspecified atom stereocenters. The lowest BCUT2D eigenvalue weighted by Gasteiger charge is -2.30. The predicted molar refractivity (Wildman–Crippen MR) is 129 cm³/mol. The molecule has 1 N–H and O–H groups in total. The summed E-state index contributed by atoms with van der Waals surface area (Å²) in [6, 6.07) is 12.2. The van der Waals surface area contributed by atoms with Crippen LogP contribution in [0.3, 0.4) is 0 Å². The highest BCUT2D eigenvalue weighted by Crippen LogP contribution is 2.26. The molecule has 9 heteroatoms. The standard InChI is InChI=1S/C25H32N2O6S/c1-17-8-5-6-11-23(17)26-24(28)18(2)33-25(29)19-9-7-10-22(16-19)34(30,31)27(3)20-12-14-21(32-4)15-13-20/h7,9-10,12-18,23H,5-6,8,11H2,1-4H3,(H,26,28)/t17-,18-,23-/m1/s1. The van der Waals surface area contributed by atoms with E-state index >= 15 is 0 Å². The van der Waals surface area contributed by atoms with Gasteiger partial charge in [0.25, 0.3) is 15.9 Å². The summed E-state index contributed by atoms with van der Waals surface area (Å²) in [7, 11) is -0.972. The number of nitrogens with one attached hydrogen (secondary N) is 1. The van der Waals surface area contributed by atoms with E-state index in [0.717, 1.165) is 30.0 Å². The zero-order valence-corrected chi connectivity index (χ0v) is 20.8. The number of methoxy groups -OCH3 is 1. The van der Waals surface area contributed by atoms with Crippen LogP contribution in [0.4, 0.5) is 5.69 Å². The van der Waals surface area contributed by atoms with Crippen molar-refractivity contribution in [3.05, 3.63) is 54.1 Å². The molecular weight excluding hydrogens is 456 g/mol. The van der Waals surface area contributed by atoms with Gasteiger partial charge < -0.3 is 14.8 Å². The van der Waals surface area contributed by atoms with Crippen molar-refractivity contribution in [2.24, 2.45) is 5.92 Å². The lowest BCUT2D eigenvalue weighted by Crippen LogP contribution is -2.46. The second-order valence-corrected chi connectivity index (χ2v) is 10.6. The van der Waals surface area contributed by atoms with E-state index < -0.39 is 22.1 Å². The Morgan fingerprint density at radius 2 is 1.76 bits per heavy atom. The van der Waals surface area contributed by atoms with E-state index in [1.807, 2.05) is 0 Å². The van der Waals surface area contributed by atoms with Gasteiger partial charge in [-0.15, -0.1) is 0 Å². The Kier molecular flexibility index (Phi) is 8.19. The monoisotopic (exact) mass is 488 g/mol. The number of rotatable bonds is 8. The Morgan fingerprint density at radius 3 is 2.41 bits per heavy atom. The van der Waals surface area contributed by atoms with Gasteiger partial charge in [0.05, 0.1) is 23.3 Å². The SMILES string of the molecule is COc1ccc(N(C)S(=O)(=O)c2cccc(C(=O)O[C@H](C)C(=O)N[C@@H]3CCCC[C@H]3C)c2)cc1. The molecule has 1 saturated carbocycles. The van der Waals surface area contributed by atoms with Crippen molar-refractivity contribution in [1.82, 2.24) is 5.32 Å². The number of ether oxygens (including phenoxy) is 2. The molecule has 0 saturated heterocycles. The first-order valence-electron chi connectivity index (χ1n) is 11.4. The minimum atomic E-state index is -3.93. The van der Waals surface area contributed by atoms with Gasteiger partial charge in [0.1, 0.15) is 5.75 Å². The van der Waals surface area contributed by atoms with Crippen molar-refractivity contribution in [1.29, 1.82) is 0 Å². The maximum Gasteiger partial charge on any atom is 0.338 e. The summed E-state index contributed by atoms with van der Waals surface area (Å²) in [4.78, 5) is 25.2. The highest BCUT2D eigenvalue weighted by molar-refractivity contribution is 7.92. The average Bonchev–Trinajstić information content (AvgIpc) is 2.85. The van der Waals surface area contributed by atoms with Crippen LogP contribution in [0.15, 0.2) is 53.4 Å². The molecule has 0 bridgehead atoms. The molecule has 0 aromatic heterocycles. The van der Waals surface area contributed by atoms with E-state index in [-0.39, 0.29) is 22.4 Å². The Balaban J connectivity index is 1.69. The summed E-state index contributed by atoms with van der Waals surface area (Å²) in [6.07, 6.45) is 3.20. The molecule has 1 aliphatic rings. The Morgan fingerprint density at radius 1 is 1.09 bits per heavy atom. The summed E-state index contributed by atoms with van der Waals surface area (Å²) >= 11 is 0. The largest absolute Gasteiger partial charge is 0.497 e. The Labute approximate surface area is 201 Å². The van der Waals surface area contributed by atoms with E-state index in [1.54, 1.807) is 24.3 Å². The number of nitrogens with zero attached hydrogens (tertiary/aromatic N) is 1. The van der Waals surface area contributed by atoms with Crippen LogP contribution in [0.5, 0.6) is 5.75 Å². The van der Waals surface area contributed by atoms with Crippen LogP contribution in [-0.4, -0.2) is 46.6 Å². The smallest absolute Gasteiger partial charge is 0.338 e. The average molecular weight is 489 g/mol. The molecule has 1 amide bonds. The van der Waals surface area contributed by atoms with Crippen LogP contribution in [0.2, 0.25) is 0 Å². The number of carbonyl (C=O) groups excluding carboxylic acids is 2. The summed E-state index contributed by atoms with van der Waals surface area (Å²) in [5.41, 5.74) is 0.492. The topological polar surface area (TPSA) is 102 Å². The van der Waals surface area contributed by atoms with Crippen molar-refractivity contribution >= 4 is 27.6 Å². The van der Waals surface area contributed by atoms with Crippen molar-refractivity contribution in [3.8, 4) is 5.75 Å². The molecule has 34 heavy (non-hydrogen) atoms. The van der Waals surface area contributed by atoms with Gasteiger partial charge in [0, 0.05) is 13.1 Å². The number of sulfonamides is 1. The van der Waals surface area contributed by atoms with Gasteiger partial charge in [0.2, 0.25) is 0 Å². The fourth-order valence-corrected chi connectivity index (χ4v) is 5.23. The van der Waals surface area contributed by atoms with Gasteiger partial charge >= 0.3 is 5.97 Å². The molecule has 2 aromatic rings. The van der Waals surface area contributed by atoms with Crippen LogP contribution in [0, 0.1) is 5.92 Å². The molecule has 1 aliphatic carbocycles. The number of esters is 1. The molecule has 3 rings (SSSR count). The van der Waals surface area contributed by atoms with Crippen molar-refractivity contribution in [3.63, 3.8) is 0 Å². The van der Waals surface area contributed by atoms with E-state index in [1.165, 1.54) is 45.3 Å². The van der Waals surface area contributed by atoms with Gasteiger partial charge in [-0.2, -0.15) is 0 Å². The zero-order valence-electron chi connectivity index (χ0n) is 20.0. The minimum Gasteiger partial charge on any atom is -0.497 e. The lowest BCUT2D eigenvalue weighted by atomic mass is 9.86. The number of benzene rings is 2. The molecular formula is C25H32N2O6S. The Bertz CT molecular complexity index is 1120. The summed E-state index contributed by atoms with van der Waals surface area (Å²) in [5.74, 6) is -0.126. The summed E-state index contributed by atoms with van der Waals surface area (Å²) < 4.78 is 37.8. The van der Waals surface area contributed by atoms with E-state index in [9.17, 15) is 18.0 Å². The van der Waals surface area contributed by atoms with Gasteiger partial charge in [0.15, 0.2) is 6.10 Å². The summed E-state index contributed by atoms with van der Waals surface area (Å²) in [5, 5.41) is 2.97. The van der Waals surface area contributed by atoms with Crippen molar-refractivity contribution in [2.45, 2.75) is 56.6 Å². The Hall–Kier alpha value is -3.07. The maximum atomic E-state index is 13.1. The highest BCUT2D eigenvalue weighted by atomic mass is 32.2. The second kappa shape index (κ2) is 10.9. The molecule has 2 aromatic carbocycles. The number of carbonyl (C=O) groups is 2. The lowest BCUT2D eigenvalue weighted by molar-refractivity contribution is -0.130. The van der Waals surface area contributed by atoms with Crippen LogP contribution in [0.1, 0.15) is 49.9 Å². The fourth-order valence-electron chi connectivity index (χ4n) is 3.99. The second-order valence-electron chi connectivity index (χ2n) is 8.62. The number of hydrogen-bond donors (Lipinski definition) is 1. The van der Waals surface area contributed by atoms with E-state index in [0.29, 0.717) is 17.4 Å². The van der Waals surface area contributed by atoms with Crippen LogP contribution in [0.25, 0.3) is 0 Å². The predicted octanol–water partition coefficient (Wildman–Crippen LogP) is 3.76. The first kappa shape index (κ1) is 25.6. The van der Waals surface area contributed by atoms with E-state index in [2.05, 4.69) is 12.2 Å². The quantitative estimate of drug-likeness (QED) is 0.568. The molecule has 3 atom stereocenters. The molecule has 0 spiro atoms. The molecule has 1 fully saturated rings. The fraction of sp³-hybridized carbons (Fsp3) is 0.440. The van der Waals surface area contributed by atoms with Gasteiger partial charge in [-0.3, -0.25) is 9.10 Å². The van der Waals surface area contributed by atoms with Crippen molar-refractivity contribution < 1.29 is 27.5 Å². The molecule has 0 aliphatic heterocycles. The third kappa shape index (κ3) is 5.88. The first-order valence-corrected chi connectivity index (χ1v) is 12.8. The third-order valence-corrected chi connectivity index (χ3v) is 8.04. The zero-order chi connectivity index (χ0) is 24.9. The van der Waals surface area contributed by atoms with Crippen LogP contribution < -0.4 is 14.4 Å². The highest BCUT2D eigenvalue weighted by Gasteiger charge is 2.27. The molecule has 8 nitrogen and oxygen atoms in total.